The minimum Gasteiger partial charge on any atom is -0.458 e. The van der Waals surface area contributed by atoms with Crippen LogP contribution in [0.4, 0.5) is 0 Å². The molecule has 0 fully saturated rings. The predicted molar refractivity (Wildman–Crippen MR) is 120 cm³/mol. The Bertz CT molecular complexity index is 1160. The third kappa shape index (κ3) is 4.81. The fourth-order valence-corrected chi connectivity index (χ4v) is 3.99. The molecular weight excluding hydrogens is 408 g/mol. The summed E-state index contributed by atoms with van der Waals surface area (Å²) in [6.45, 7) is 0. The Kier molecular flexibility index (Phi) is 5.71. The molecular formula is C25H20N2O3S. The Morgan fingerprint density at radius 1 is 0.742 bits per heavy atom. The molecule has 0 spiro atoms. The van der Waals surface area contributed by atoms with Gasteiger partial charge in [0.1, 0.15) is 6.26 Å². The predicted octanol–water partition coefficient (Wildman–Crippen LogP) is 5.94. The highest BCUT2D eigenvalue weighted by Crippen LogP contribution is 2.29. The maximum Gasteiger partial charge on any atom is 0.287 e. The van der Waals surface area contributed by atoms with Gasteiger partial charge in [-0.05, 0) is 22.3 Å². The van der Waals surface area contributed by atoms with E-state index >= 15 is 0 Å². The van der Waals surface area contributed by atoms with E-state index in [0.717, 1.165) is 11.3 Å². The maximum absolute atomic E-state index is 5.82. The Hall–Kier alpha value is -3.51. The smallest absolute Gasteiger partial charge is 0.287 e. The number of rotatable bonds is 7. The third-order valence-corrected chi connectivity index (χ3v) is 5.76. The van der Waals surface area contributed by atoms with Crippen LogP contribution in [-0.4, -0.2) is 16.5 Å². The summed E-state index contributed by atoms with van der Waals surface area (Å²) in [6.07, 6.45) is 1.80. The van der Waals surface area contributed by atoms with Crippen molar-refractivity contribution in [2.75, 3.05) is 0 Å². The molecule has 154 valence electrons. The van der Waals surface area contributed by atoms with Gasteiger partial charge in [0, 0.05) is 12.2 Å². The van der Waals surface area contributed by atoms with Crippen LogP contribution in [0.2, 0.25) is 0 Å². The fraction of sp³-hybridized carbons (Fsp3) is 0.120. The van der Waals surface area contributed by atoms with Crippen molar-refractivity contribution < 1.29 is 13.9 Å². The van der Waals surface area contributed by atoms with E-state index in [1.807, 2.05) is 48.5 Å². The second kappa shape index (κ2) is 9.10. The molecule has 5 nitrogen and oxygen atoms in total. The minimum atomic E-state index is -0.386. The van der Waals surface area contributed by atoms with Gasteiger partial charge in [-0.1, -0.05) is 96.7 Å². The molecule has 1 atom stereocenters. The highest BCUT2D eigenvalue weighted by molar-refractivity contribution is 7.98. The first-order valence-electron chi connectivity index (χ1n) is 10.0. The summed E-state index contributed by atoms with van der Waals surface area (Å²) in [7, 11) is 0. The van der Waals surface area contributed by atoms with Crippen LogP contribution in [-0.2, 0) is 21.6 Å². The van der Waals surface area contributed by atoms with Gasteiger partial charge in [0.2, 0.25) is 12.0 Å². The molecule has 1 aliphatic rings. The largest absolute Gasteiger partial charge is 0.458 e. The molecule has 1 aromatic heterocycles. The molecule has 3 aromatic carbocycles. The highest BCUT2D eigenvalue weighted by Gasteiger charge is 2.25. The molecule has 5 rings (SSSR count). The fourth-order valence-electron chi connectivity index (χ4n) is 3.27. The van der Waals surface area contributed by atoms with Crippen molar-refractivity contribution in [1.82, 2.24) is 10.2 Å². The van der Waals surface area contributed by atoms with Crippen molar-refractivity contribution in [3.8, 4) is 11.1 Å². The van der Waals surface area contributed by atoms with Crippen LogP contribution in [0.3, 0.4) is 0 Å². The minimum absolute atomic E-state index is 0.331. The van der Waals surface area contributed by atoms with E-state index in [1.54, 1.807) is 0 Å². The van der Waals surface area contributed by atoms with Crippen molar-refractivity contribution in [3.05, 3.63) is 108 Å². The van der Waals surface area contributed by atoms with E-state index in [2.05, 4.69) is 46.6 Å². The van der Waals surface area contributed by atoms with Crippen LogP contribution in [0.15, 0.2) is 101 Å². The van der Waals surface area contributed by atoms with E-state index in [0.29, 0.717) is 23.3 Å². The van der Waals surface area contributed by atoms with E-state index in [1.165, 1.54) is 34.7 Å². The molecule has 6 heteroatoms. The number of aromatic nitrogens is 2. The van der Waals surface area contributed by atoms with E-state index in [-0.39, 0.29) is 6.29 Å². The zero-order chi connectivity index (χ0) is 20.9. The number of hydrogen-bond donors (Lipinski definition) is 0. The van der Waals surface area contributed by atoms with Crippen LogP contribution in [0, 0.1) is 0 Å². The van der Waals surface area contributed by atoms with Crippen molar-refractivity contribution in [2.45, 2.75) is 23.7 Å². The first kappa shape index (κ1) is 19.5. The molecule has 1 unspecified atom stereocenters. The summed E-state index contributed by atoms with van der Waals surface area (Å²) in [5.74, 6) is 1.54. The van der Waals surface area contributed by atoms with Gasteiger partial charge in [-0.3, -0.25) is 0 Å². The second-order valence-corrected chi connectivity index (χ2v) is 8.01. The van der Waals surface area contributed by atoms with Gasteiger partial charge in [-0.15, -0.1) is 10.2 Å². The molecule has 0 N–H and O–H groups in total. The van der Waals surface area contributed by atoms with Crippen LogP contribution in [0.1, 0.15) is 17.0 Å². The van der Waals surface area contributed by atoms with Gasteiger partial charge < -0.3 is 13.9 Å². The summed E-state index contributed by atoms with van der Waals surface area (Å²) in [5.41, 5.74) is 4.74. The molecule has 0 saturated carbocycles. The lowest BCUT2D eigenvalue weighted by Crippen LogP contribution is -2.11. The van der Waals surface area contributed by atoms with E-state index < -0.39 is 0 Å². The zero-order valence-corrected chi connectivity index (χ0v) is 17.5. The Balaban J connectivity index is 1.15. The van der Waals surface area contributed by atoms with Crippen LogP contribution in [0.25, 0.3) is 16.9 Å². The molecule has 0 bridgehead atoms. The van der Waals surface area contributed by atoms with Crippen molar-refractivity contribution in [2.24, 2.45) is 0 Å². The number of hydrogen-bond acceptors (Lipinski definition) is 6. The summed E-state index contributed by atoms with van der Waals surface area (Å²) in [4.78, 5) is 0. The van der Waals surface area contributed by atoms with Crippen molar-refractivity contribution >= 4 is 17.5 Å². The maximum atomic E-state index is 5.82. The van der Waals surface area contributed by atoms with Crippen molar-refractivity contribution in [3.63, 3.8) is 0 Å². The molecule has 4 aromatic rings. The third-order valence-electron chi connectivity index (χ3n) is 4.87. The van der Waals surface area contributed by atoms with Gasteiger partial charge in [0.05, 0.1) is 0 Å². The van der Waals surface area contributed by atoms with Gasteiger partial charge in [0.25, 0.3) is 11.1 Å². The summed E-state index contributed by atoms with van der Waals surface area (Å²) < 4.78 is 17.2. The van der Waals surface area contributed by atoms with Gasteiger partial charge in [-0.25, -0.2) is 0 Å². The molecule has 0 saturated heterocycles. The topological polar surface area (TPSA) is 57.4 Å². The van der Waals surface area contributed by atoms with Crippen LogP contribution >= 0.6 is 11.8 Å². The average molecular weight is 429 g/mol. The molecule has 0 aliphatic carbocycles. The van der Waals surface area contributed by atoms with Gasteiger partial charge >= 0.3 is 0 Å². The van der Waals surface area contributed by atoms with Gasteiger partial charge in [0.15, 0.2) is 0 Å². The normalized spacial score (nSPS) is 15.2. The first-order valence-corrected chi connectivity index (χ1v) is 11.0. The Morgan fingerprint density at radius 2 is 1.45 bits per heavy atom. The number of benzene rings is 3. The Morgan fingerprint density at radius 3 is 2.23 bits per heavy atom. The first-order chi connectivity index (χ1) is 15.3. The van der Waals surface area contributed by atoms with E-state index in [9.17, 15) is 0 Å². The summed E-state index contributed by atoms with van der Waals surface area (Å²) in [5, 5.41) is 8.71. The van der Waals surface area contributed by atoms with Crippen molar-refractivity contribution in [1.29, 1.82) is 0 Å². The van der Waals surface area contributed by atoms with Crippen LogP contribution < -0.4 is 0 Å². The molecule has 1 aliphatic heterocycles. The quantitative estimate of drug-likeness (QED) is 0.339. The lowest BCUT2D eigenvalue weighted by Gasteiger charge is -2.10. The SMILES string of the molecule is C1=C(c2nnc(SCc3ccc(-c4ccccc4)cc3)o2)OC(Cc2ccccc2)O1. The second-order valence-electron chi connectivity index (χ2n) is 7.08. The summed E-state index contributed by atoms with van der Waals surface area (Å²) in [6, 6.07) is 28.9. The zero-order valence-electron chi connectivity index (χ0n) is 16.7. The lowest BCUT2D eigenvalue weighted by atomic mass is 10.0. The highest BCUT2D eigenvalue weighted by atomic mass is 32.2. The standard InChI is InChI=1S/C25H20N2O3S/c1-3-7-18(8-4-1)15-23-28-16-22(29-23)24-26-27-25(30-24)31-17-19-11-13-21(14-12-19)20-9-5-2-6-10-20/h1-14,16,23H,15,17H2. The number of nitrogens with zero attached hydrogens (tertiary/aromatic N) is 2. The summed E-state index contributed by atoms with van der Waals surface area (Å²) >= 11 is 1.49. The van der Waals surface area contributed by atoms with Gasteiger partial charge in [-0.2, -0.15) is 0 Å². The average Bonchev–Trinajstić information content (AvgIpc) is 3.49. The van der Waals surface area contributed by atoms with Crippen LogP contribution in [0.5, 0.6) is 0 Å². The van der Waals surface area contributed by atoms with E-state index in [4.69, 9.17) is 13.9 Å². The number of ether oxygens (including phenoxy) is 2. The monoisotopic (exact) mass is 428 g/mol. The Labute approximate surface area is 184 Å². The molecule has 0 amide bonds. The molecule has 2 heterocycles. The number of thioether (sulfide) groups is 1. The molecule has 31 heavy (non-hydrogen) atoms. The lowest BCUT2D eigenvalue weighted by molar-refractivity contribution is -0.0148. The molecule has 0 radical (unpaired) electrons.